The van der Waals surface area contributed by atoms with E-state index in [9.17, 15) is 5.11 Å². The molecule has 0 aliphatic carbocycles. The molecule has 118 valence electrons. The molecular formula is C18H19N3O2. The fourth-order valence-electron chi connectivity index (χ4n) is 2.45. The van der Waals surface area contributed by atoms with Gasteiger partial charge in [-0.2, -0.15) is 0 Å². The molecule has 5 heteroatoms. The summed E-state index contributed by atoms with van der Waals surface area (Å²) in [6.07, 6.45) is 0. The zero-order chi connectivity index (χ0) is 16.2. The molecule has 0 saturated carbocycles. The van der Waals surface area contributed by atoms with Gasteiger partial charge in [-0.25, -0.2) is 4.68 Å². The number of hydrogen-bond acceptors (Lipinski definition) is 4. The zero-order valence-electron chi connectivity index (χ0n) is 13.2. The number of nitrogens with zero attached hydrogens (tertiary/aromatic N) is 3. The Kier molecular flexibility index (Phi) is 4.39. The van der Waals surface area contributed by atoms with Gasteiger partial charge in [-0.3, -0.25) is 0 Å². The Morgan fingerprint density at radius 2 is 1.74 bits per heavy atom. The lowest BCUT2D eigenvalue weighted by Gasteiger charge is -2.09. The summed E-state index contributed by atoms with van der Waals surface area (Å²) in [5, 5.41) is 17.9. The van der Waals surface area contributed by atoms with Crippen molar-refractivity contribution >= 4 is 0 Å². The summed E-state index contributed by atoms with van der Waals surface area (Å²) in [6.45, 7) is 4.47. The Hall–Kier alpha value is -2.66. The number of hydrogen-bond donors (Lipinski definition) is 1. The molecule has 0 fully saturated rings. The molecule has 0 amide bonds. The molecule has 0 aliphatic heterocycles. The first-order valence-corrected chi connectivity index (χ1v) is 7.58. The van der Waals surface area contributed by atoms with Gasteiger partial charge >= 0.3 is 0 Å². The number of aliphatic hydroxyl groups is 1. The number of rotatable bonds is 5. The van der Waals surface area contributed by atoms with Crippen LogP contribution in [0.5, 0.6) is 5.75 Å². The van der Waals surface area contributed by atoms with Gasteiger partial charge in [0.05, 0.1) is 18.9 Å². The van der Waals surface area contributed by atoms with Gasteiger partial charge < -0.3 is 9.84 Å². The van der Waals surface area contributed by atoms with E-state index in [0.29, 0.717) is 12.3 Å². The van der Waals surface area contributed by atoms with Crippen molar-refractivity contribution in [2.75, 3.05) is 6.61 Å². The van der Waals surface area contributed by atoms with Gasteiger partial charge in [0.1, 0.15) is 17.1 Å². The average Bonchev–Trinajstić information content (AvgIpc) is 3.00. The molecule has 1 heterocycles. The molecule has 0 bridgehead atoms. The van der Waals surface area contributed by atoms with E-state index >= 15 is 0 Å². The van der Waals surface area contributed by atoms with Crippen molar-refractivity contribution in [2.45, 2.75) is 20.5 Å². The second-order valence-electron chi connectivity index (χ2n) is 5.25. The van der Waals surface area contributed by atoms with Crippen LogP contribution in [0.4, 0.5) is 0 Å². The molecule has 0 radical (unpaired) electrons. The van der Waals surface area contributed by atoms with Gasteiger partial charge in [0.15, 0.2) is 0 Å². The summed E-state index contributed by atoms with van der Waals surface area (Å²) >= 11 is 0. The molecule has 1 aromatic heterocycles. The van der Waals surface area contributed by atoms with E-state index in [1.807, 2.05) is 62.4 Å². The van der Waals surface area contributed by atoms with E-state index in [2.05, 4.69) is 10.3 Å². The lowest BCUT2D eigenvalue weighted by Crippen LogP contribution is -2.01. The van der Waals surface area contributed by atoms with Crippen molar-refractivity contribution < 1.29 is 9.84 Å². The van der Waals surface area contributed by atoms with Crippen LogP contribution >= 0.6 is 0 Å². The quantitative estimate of drug-likeness (QED) is 0.786. The monoisotopic (exact) mass is 309 g/mol. The molecule has 0 saturated heterocycles. The molecule has 0 atom stereocenters. The molecule has 3 aromatic rings. The highest BCUT2D eigenvalue weighted by Gasteiger charge is 2.15. The number of ether oxygens (including phenoxy) is 1. The Bertz CT molecular complexity index is 777. The van der Waals surface area contributed by atoms with Crippen LogP contribution in [0.15, 0.2) is 48.5 Å². The van der Waals surface area contributed by atoms with Crippen LogP contribution in [-0.2, 0) is 6.61 Å². The summed E-state index contributed by atoms with van der Waals surface area (Å²) in [5.41, 5.74) is 4.38. The summed E-state index contributed by atoms with van der Waals surface area (Å²) < 4.78 is 7.21. The highest BCUT2D eigenvalue weighted by Crippen LogP contribution is 2.26. The smallest absolute Gasteiger partial charge is 0.119 e. The third kappa shape index (κ3) is 3.10. The van der Waals surface area contributed by atoms with Crippen molar-refractivity contribution in [1.29, 1.82) is 0 Å². The van der Waals surface area contributed by atoms with Crippen LogP contribution in [0.3, 0.4) is 0 Å². The lowest BCUT2D eigenvalue weighted by atomic mass is 10.1. The molecule has 0 aliphatic rings. The predicted octanol–water partition coefficient (Wildman–Crippen LogP) is 3.13. The van der Waals surface area contributed by atoms with Crippen molar-refractivity contribution in [2.24, 2.45) is 0 Å². The van der Waals surface area contributed by atoms with Gasteiger partial charge in [0.2, 0.25) is 0 Å². The van der Waals surface area contributed by atoms with E-state index in [0.717, 1.165) is 22.7 Å². The summed E-state index contributed by atoms with van der Waals surface area (Å²) in [4.78, 5) is 0. The van der Waals surface area contributed by atoms with Crippen molar-refractivity contribution in [1.82, 2.24) is 15.0 Å². The third-order valence-corrected chi connectivity index (χ3v) is 3.61. The van der Waals surface area contributed by atoms with E-state index in [4.69, 9.17) is 4.74 Å². The second-order valence-corrected chi connectivity index (χ2v) is 5.25. The van der Waals surface area contributed by atoms with Crippen molar-refractivity contribution in [3.05, 3.63) is 59.8 Å². The van der Waals surface area contributed by atoms with E-state index in [1.54, 1.807) is 4.68 Å². The average molecular weight is 309 g/mol. The zero-order valence-corrected chi connectivity index (χ0v) is 13.2. The Labute approximate surface area is 135 Å². The van der Waals surface area contributed by atoms with Crippen LogP contribution in [0.1, 0.15) is 18.2 Å². The van der Waals surface area contributed by atoms with E-state index in [1.165, 1.54) is 5.56 Å². The highest BCUT2D eigenvalue weighted by molar-refractivity contribution is 5.64. The normalized spacial score (nSPS) is 10.7. The van der Waals surface area contributed by atoms with E-state index in [-0.39, 0.29) is 6.61 Å². The molecular weight excluding hydrogens is 290 g/mol. The molecule has 0 spiro atoms. The maximum atomic E-state index is 9.57. The van der Waals surface area contributed by atoms with Crippen LogP contribution in [0, 0.1) is 6.92 Å². The van der Waals surface area contributed by atoms with Gasteiger partial charge in [-0.15, -0.1) is 5.10 Å². The van der Waals surface area contributed by atoms with Crippen LogP contribution in [-0.4, -0.2) is 26.7 Å². The molecule has 2 aromatic carbocycles. The molecule has 1 N–H and O–H groups in total. The van der Waals surface area contributed by atoms with Crippen molar-refractivity contribution in [3.8, 4) is 22.7 Å². The highest BCUT2D eigenvalue weighted by atomic mass is 16.5. The largest absolute Gasteiger partial charge is 0.494 e. The minimum Gasteiger partial charge on any atom is -0.494 e. The van der Waals surface area contributed by atoms with Gasteiger partial charge in [-0.05, 0) is 38.1 Å². The summed E-state index contributed by atoms with van der Waals surface area (Å²) in [7, 11) is 0. The minimum absolute atomic E-state index is 0.153. The van der Waals surface area contributed by atoms with Crippen LogP contribution in [0.25, 0.3) is 16.9 Å². The topological polar surface area (TPSA) is 60.2 Å². The Morgan fingerprint density at radius 1 is 1.04 bits per heavy atom. The lowest BCUT2D eigenvalue weighted by molar-refractivity contribution is 0.277. The summed E-state index contributed by atoms with van der Waals surface area (Å²) in [5.74, 6) is 0.815. The van der Waals surface area contributed by atoms with Gasteiger partial charge in [-0.1, -0.05) is 35.0 Å². The predicted molar refractivity (Wildman–Crippen MR) is 88.6 cm³/mol. The Balaban J connectivity index is 2.06. The van der Waals surface area contributed by atoms with Gasteiger partial charge in [0.25, 0.3) is 0 Å². The van der Waals surface area contributed by atoms with Gasteiger partial charge in [0, 0.05) is 5.56 Å². The summed E-state index contributed by atoms with van der Waals surface area (Å²) in [6, 6.07) is 15.8. The fraction of sp³-hybridized carbons (Fsp3) is 0.222. The first-order valence-electron chi connectivity index (χ1n) is 7.58. The number of aryl methyl sites for hydroxylation is 1. The first kappa shape index (κ1) is 15.2. The molecule has 23 heavy (non-hydrogen) atoms. The maximum Gasteiger partial charge on any atom is 0.119 e. The molecule has 5 nitrogen and oxygen atoms in total. The van der Waals surface area contributed by atoms with Crippen molar-refractivity contribution in [3.63, 3.8) is 0 Å². The standard InChI is InChI=1S/C18H19N3O2/c1-3-23-16-10-8-15(9-11-16)21-18(17(12-22)19-20-21)14-6-4-13(2)5-7-14/h4-11,22H,3,12H2,1-2H3. The number of aromatic nitrogens is 3. The maximum absolute atomic E-state index is 9.57. The molecule has 0 unspecified atom stereocenters. The minimum atomic E-state index is -0.153. The second kappa shape index (κ2) is 6.62. The number of benzene rings is 2. The van der Waals surface area contributed by atoms with Crippen LogP contribution in [0.2, 0.25) is 0 Å². The Morgan fingerprint density at radius 3 is 2.35 bits per heavy atom. The number of aliphatic hydroxyl groups excluding tert-OH is 1. The van der Waals surface area contributed by atoms with E-state index < -0.39 is 0 Å². The fourth-order valence-corrected chi connectivity index (χ4v) is 2.45. The SMILES string of the molecule is CCOc1ccc(-n2nnc(CO)c2-c2ccc(C)cc2)cc1. The third-order valence-electron chi connectivity index (χ3n) is 3.61. The van der Waals surface area contributed by atoms with Crippen LogP contribution < -0.4 is 4.74 Å². The molecule has 3 rings (SSSR count). The first-order chi connectivity index (χ1) is 11.2.